The number of aryl methyl sites for hydroxylation is 2. The molecule has 0 aliphatic carbocycles. The molecule has 0 saturated heterocycles. The second-order valence-corrected chi connectivity index (χ2v) is 5.49. The van der Waals surface area contributed by atoms with Gasteiger partial charge in [0.15, 0.2) is 5.16 Å². The Labute approximate surface area is 120 Å². The smallest absolute Gasteiger partial charge is 0.233 e. The first-order chi connectivity index (χ1) is 9.06. The van der Waals surface area contributed by atoms with Gasteiger partial charge in [0.25, 0.3) is 0 Å². The van der Waals surface area contributed by atoms with E-state index >= 15 is 0 Å². The van der Waals surface area contributed by atoms with Gasteiger partial charge in [0.2, 0.25) is 5.91 Å². The standard InChI is InChI=1S/C14H23N3OS/c1-5-7-8-17(6-2)13(18)10-19-14-15-11(3)9-12(4)16-14/h9H,5-8,10H2,1-4H3. The Bertz CT molecular complexity index is 403. The number of hydrogen-bond acceptors (Lipinski definition) is 4. The highest BCUT2D eigenvalue weighted by Crippen LogP contribution is 2.15. The fraction of sp³-hybridized carbons (Fsp3) is 0.643. The van der Waals surface area contributed by atoms with Gasteiger partial charge < -0.3 is 4.90 Å². The second kappa shape index (κ2) is 8.15. The molecule has 0 atom stereocenters. The van der Waals surface area contributed by atoms with Crippen molar-refractivity contribution in [2.75, 3.05) is 18.8 Å². The van der Waals surface area contributed by atoms with Crippen LogP contribution in [-0.4, -0.2) is 39.6 Å². The van der Waals surface area contributed by atoms with Gasteiger partial charge in [-0.1, -0.05) is 25.1 Å². The third kappa shape index (κ3) is 5.59. The molecule has 0 aliphatic heterocycles. The van der Waals surface area contributed by atoms with Gasteiger partial charge in [0, 0.05) is 24.5 Å². The highest BCUT2D eigenvalue weighted by atomic mass is 32.2. The number of thioether (sulfide) groups is 1. The zero-order chi connectivity index (χ0) is 14.3. The molecule has 1 amide bonds. The SMILES string of the molecule is CCCCN(CC)C(=O)CSc1nc(C)cc(C)n1. The summed E-state index contributed by atoms with van der Waals surface area (Å²) in [5, 5.41) is 0.692. The summed E-state index contributed by atoms with van der Waals surface area (Å²) in [7, 11) is 0. The van der Waals surface area contributed by atoms with Crippen molar-refractivity contribution in [3.8, 4) is 0 Å². The second-order valence-electron chi connectivity index (χ2n) is 4.55. The van der Waals surface area contributed by atoms with E-state index in [1.165, 1.54) is 11.8 Å². The van der Waals surface area contributed by atoms with Crippen molar-refractivity contribution in [1.82, 2.24) is 14.9 Å². The van der Waals surface area contributed by atoms with Gasteiger partial charge in [-0.2, -0.15) is 0 Å². The van der Waals surface area contributed by atoms with E-state index < -0.39 is 0 Å². The molecule has 0 bridgehead atoms. The van der Waals surface area contributed by atoms with Crippen LogP contribution in [0.1, 0.15) is 38.1 Å². The molecule has 0 aliphatic rings. The minimum atomic E-state index is 0.170. The number of amides is 1. The lowest BCUT2D eigenvalue weighted by atomic mass is 10.3. The fourth-order valence-electron chi connectivity index (χ4n) is 1.78. The summed E-state index contributed by atoms with van der Waals surface area (Å²) >= 11 is 1.42. The molecule has 0 N–H and O–H groups in total. The van der Waals surface area contributed by atoms with Crippen LogP contribution in [0, 0.1) is 13.8 Å². The average Bonchev–Trinajstić information content (AvgIpc) is 2.36. The molecule has 0 radical (unpaired) electrons. The Morgan fingerprint density at radius 3 is 2.42 bits per heavy atom. The van der Waals surface area contributed by atoms with Crippen LogP contribution >= 0.6 is 11.8 Å². The lowest BCUT2D eigenvalue weighted by Crippen LogP contribution is -2.33. The molecule has 1 rings (SSSR count). The molecule has 0 aromatic carbocycles. The quantitative estimate of drug-likeness (QED) is 0.569. The largest absolute Gasteiger partial charge is 0.342 e. The first-order valence-electron chi connectivity index (χ1n) is 6.79. The maximum Gasteiger partial charge on any atom is 0.233 e. The average molecular weight is 281 g/mol. The lowest BCUT2D eigenvalue weighted by Gasteiger charge is -2.20. The number of rotatable bonds is 7. The van der Waals surface area contributed by atoms with E-state index in [9.17, 15) is 4.79 Å². The molecule has 5 heteroatoms. The lowest BCUT2D eigenvalue weighted by molar-refractivity contribution is -0.128. The molecule has 1 heterocycles. The molecule has 0 fully saturated rings. The van der Waals surface area contributed by atoms with E-state index in [1.54, 1.807) is 0 Å². The van der Waals surface area contributed by atoms with Crippen LogP contribution in [0.25, 0.3) is 0 Å². The van der Waals surface area contributed by atoms with Gasteiger partial charge in [0.05, 0.1) is 5.75 Å². The third-order valence-corrected chi connectivity index (χ3v) is 3.63. The Kier molecular flexibility index (Phi) is 6.84. The Hall–Kier alpha value is -1.10. The van der Waals surface area contributed by atoms with Crippen molar-refractivity contribution < 1.29 is 4.79 Å². The summed E-state index contributed by atoms with van der Waals surface area (Å²) in [6.45, 7) is 9.66. The molecule has 106 valence electrons. The maximum absolute atomic E-state index is 12.1. The molecule has 19 heavy (non-hydrogen) atoms. The molecule has 0 unspecified atom stereocenters. The van der Waals surface area contributed by atoms with Crippen LogP contribution in [-0.2, 0) is 4.79 Å². The molecule has 1 aromatic rings. The number of carbonyl (C=O) groups is 1. The van der Waals surface area contributed by atoms with E-state index in [2.05, 4.69) is 16.9 Å². The first kappa shape index (κ1) is 16.0. The van der Waals surface area contributed by atoms with Crippen molar-refractivity contribution in [1.29, 1.82) is 0 Å². The van der Waals surface area contributed by atoms with E-state index in [1.807, 2.05) is 31.7 Å². The van der Waals surface area contributed by atoms with E-state index in [-0.39, 0.29) is 5.91 Å². The minimum absolute atomic E-state index is 0.170. The van der Waals surface area contributed by atoms with Crippen LogP contribution in [0.4, 0.5) is 0 Å². The van der Waals surface area contributed by atoms with Crippen molar-refractivity contribution in [2.45, 2.75) is 45.7 Å². The van der Waals surface area contributed by atoms with E-state index in [0.29, 0.717) is 10.9 Å². The van der Waals surface area contributed by atoms with Gasteiger partial charge in [-0.05, 0) is 33.3 Å². The van der Waals surface area contributed by atoms with Crippen LogP contribution in [0.15, 0.2) is 11.2 Å². The fourth-order valence-corrected chi connectivity index (χ4v) is 2.64. The summed E-state index contributed by atoms with van der Waals surface area (Å²) in [5.41, 5.74) is 1.89. The van der Waals surface area contributed by atoms with Crippen LogP contribution < -0.4 is 0 Å². The van der Waals surface area contributed by atoms with Gasteiger partial charge in [-0.25, -0.2) is 9.97 Å². The number of nitrogens with zero attached hydrogens (tertiary/aromatic N) is 3. The topological polar surface area (TPSA) is 46.1 Å². The number of hydrogen-bond donors (Lipinski definition) is 0. The summed E-state index contributed by atoms with van der Waals surface area (Å²) in [6, 6.07) is 1.94. The maximum atomic E-state index is 12.1. The predicted octanol–water partition coefficient (Wildman–Crippen LogP) is 2.83. The van der Waals surface area contributed by atoms with Crippen LogP contribution in [0.2, 0.25) is 0 Å². The molecular formula is C14H23N3OS. The molecule has 4 nitrogen and oxygen atoms in total. The van der Waals surface area contributed by atoms with Gasteiger partial charge in [-0.3, -0.25) is 4.79 Å². The van der Waals surface area contributed by atoms with E-state index in [4.69, 9.17) is 0 Å². The Morgan fingerprint density at radius 2 is 1.89 bits per heavy atom. The van der Waals surface area contributed by atoms with Crippen molar-refractivity contribution in [3.63, 3.8) is 0 Å². The Balaban J connectivity index is 2.52. The van der Waals surface area contributed by atoms with Crippen molar-refractivity contribution in [3.05, 3.63) is 17.5 Å². The predicted molar refractivity (Wildman–Crippen MR) is 79.4 cm³/mol. The minimum Gasteiger partial charge on any atom is -0.342 e. The van der Waals surface area contributed by atoms with Crippen LogP contribution in [0.3, 0.4) is 0 Å². The zero-order valence-corrected chi connectivity index (χ0v) is 13.1. The Morgan fingerprint density at radius 1 is 1.26 bits per heavy atom. The van der Waals surface area contributed by atoms with Crippen LogP contribution in [0.5, 0.6) is 0 Å². The first-order valence-corrected chi connectivity index (χ1v) is 7.78. The molecular weight excluding hydrogens is 258 g/mol. The van der Waals surface area contributed by atoms with E-state index in [0.717, 1.165) is 37.3 Å². The number of carbonyl (C=O) groups excluding carboxylic acids is 1. The summed E-state index contributed by atoms with van der Waals surface area (Å²) in [6.07, 6.45) is 2.17. The normalized spacial score (nSPS) is 10.5. The monoisotopic (exact) mass is 281 g/mol. The third-order valence-electron chi connectivity index (χ3n) is 2.80. The van der Waals surface area contributed by atoms with Crippen molar-refractivity contribution >= 4 is 17.7 Å². The van der Waals surface area contributed by atoms with Gasteiger partial charge >= 0.3 is 0 Å². The number of unbranched alkanes of at least 4 members (excludes halogenated alkanes) is 1. The summed E-state index contributed by atoms with van der Waals surface area (Å²) < 4.78 is 0. The summed E-state index contributed by atoms with van der Waals surface area (Å²) in [4.78, 5) is 22.6. The van der Waals surface area contributed by atoms with Gasteiger partial charge in [-0.15, -0.1) is 0 Å². The summed E-state index contributed by atoms with van der Waals surface area (Å²) in [5.74, 6) is 0.587. The highest BCUT2D eigenvalue weighted by molar-refractivity contribution is 7.99. The zero-order valence-electron chi connectivity index (χ0n) is 12.3. The van der Waals surface area contributed by atoms with Gasteiger partial charge in [0.1, 0.15) is 0 Å². The number of aromatic nitrogens is 2. The molecule has 0 saturated carbocycles. The molecule has 0 spiro atoms. The highest BCUT2D eigenvalue weighted by Gasteiger charge is 2.12. The van der Waals surface area contributed by atoms with Crippen molar-refractivity contribution in [2.24, 2.45) is 0 Å². The molecule has 1 aromatic heterocycles.